The van der Waals surface area contributed by atoms with Crippen LogP contribution in [-0.4, -0.2) is 14.5 Å². The molecule has 0 saturated heterocycles. The van der Waals surface area contributed by atoms with Crippen molar-refractivity contribution in [1.82, 2.24) is 14.5 Å². The molecule has 2 aromatic heterocycles. The Morgan fingerprint density at radius 2 is 1.29 bits per heavy atom. The summed E-state index contributed by atoms with van der Waals surface area (Å²) in [7, 11) is 0. The highest BCUT2D eigenvalue weighted by molar-refractivity contribution is 6.15. The molecule has 11 rings (SSSR count). The van der Waals surface area contributed by atoms with Crippen molar-refractivity contribution in [2.75, 3.05) is 4.90 Å². The SMILES string of the molecule is CC1(C)c2ccccc2-c2nc(-c3cccc4c3c3ccccc3n4-c3ccccc3)nc(N3C4=Cc5ccccc5C[C@@]4(C)c4ccccc43)c21. The highest BCUT2D eigenvalue weighted by atomic mass is 15.3. The van der Waals surface area contributed by atoms with E-state index in [-0.39, 0.29) is 10.8 Å². The van der Waals surface area contributed by atoms with Gasteiger partial charge in [0.15, 0.2) is 5.82 Å². The fourth-order valence-corrected chi connectivity index (χ4v) is 9.58. The maximum absolute atomic E-state index is 5.76. The van der Waals surface area contributed by atoms with Gasteiger partial charge in [-0.3, -0.25) is 4.90 Å². The lowest BCUT2D eigenvalue weighted by atomic mass is 9.72. The van der Waals surface area contributed by atoms with Gasteiger partial charge in [0.1, 0.15) is 5.82 Å². The van der Waals surface area contributed by atoms with Crippen LogP contribution in [0.3, 0.4) is 0 Å². The third-order valence-corrected chi connectivity index (χ3v) is 12.0. The third kappa shape index (κ3) is 3.81. The van der Waals surface area contributed by atoms with Gasteiger partial charge < -0.3 is 4.57 Å². The number of aromatic nitrogens is 3. The van der Waals surface area contributed by atoms with Crippen molar-refractivity contribution in [2.24, 2.45) is 0 Å². The normalized spacial score (nSPS) is 17.8. The summed E-state index contributed by atoms with van der Waals surface area (Å²) in [5.74, 6) is 1.71. The molecule has 0 spiro atoms. The lowest BCUT2D eigenvalue weighted by Crippen LogP contribution is -2.32. The molecule has 248 valence electrons. The van der Waals surface area contributed by atoms with Gasteiger partial charge in [-0.05, 0) is 72.0 Å². The molecule has 1 atom stereocenters. The average Bonchev–Trinajstić information content (AvgIpc) is 3.74. The first kappa shape index (κ1) is 29.5. The number of rotatable bonds is 3. The summed E-state index contributed by atoms with van der Waals surface area (Å²) in [6.45, 7) is 7.09. The maximum atomic E-state index is 5.76. The minimum atomic E-state index is -0.309. The van der Waals surface area contributed by atoms with Gasteiger partial charge in [0.25, 0.3) is 0 Å². The van der Waals surface area contributed by atoms with Crippen LogP contribution >= 0.6 is 0 Å². The molecule has 4 nitrogen and oxygen atoms in total. The summed E-state index contributed by atoms with van der Waals surface area (Å²) < 4.78 is 2.37. The Kier molecular flexibility index (Phi) is 5.89. The Balaban J connectivity index is 1.25. The second kappa shape index (κ2) is 10.4. The molecule has 4 heteroatoms. The molecule has 2 aliphatic carbocycles. The summed E-state index contributed by atoms with van der Waals surface area (Å²) in [5.41, 5.74) is 15.1. The highest BCUT2D eigenvalue weighted by Crippen LogP contribution is 2.59. The zero-order valence-electron chi connectivity index (χ0n) is 29.4. The van der Waals surface area contributed by atoms with Gasteiger partial charge in [0, 0.05) is 49.7 Å². The van der Waals surface area contributed by atoms with Crippen LogP contribution in [0.4, 0.5) is 11.5 Å². The fourth-order valence-electron chi connectivity index (χ4n) is 9.58. The van der Waals surface area contributed by atoms with Crippen molar-refractivity contribution in [3.8, 4) is 28.3 Å². The van der Waals surface area contributed by atoms with Crippen molar-refractivity contribution >= 4 is 39.4 Å². The van der Waals surface area contributed by atoms with Crippen LogP contribution in [0.1, 0.15) is 48.6 Å². The van der Waals surface area contributed by atoms with E-state index in [1.165, 1.54) is 55.7 Å². The standard InChI is InChI=1S/C48H36N4/c1-47(2)36-23-11-9-20-33(36)44-43(47)46(52-39-26-14-12-24-37(39)48(3)29-31-17-8-7-16-30(31)28-41(48)52)50-45(49-44)35-22-15-27-40-42(35)34-21-10-13-25-38(34)51(40)32-18-5-4-6-19-32/h4-28H,29H2,1-3H3/t48-/m0/s1. The van der Waals surface area contributed by atoms with Crippen LogP contribution in [0.15, 0.2) is 151 Å². The van der Waals surface area contributed by atoms with E-state index in [9.17, 15) is 0 Å². The molecular formula is C48H36N4. The van der Waals surface area contributed by atoms with Crippen molar-refractivity contribution in [3.05, 3.63) is 179 Å². The second-order valence-electron chi connectivity index (χ2n) is 15.2. The Hall–Kier alpha value is -6.26. The highest BCUT2D eigenvalue weighted by Gasteiger charge is 2.50. The lowest BCUT2D eigenvalue weighted by Gasteiger charge is -2.35. The van der Waals surface area contributed by atoms with E-state index >= 15 is 0 Å². The summed E-state index contributed by atoms with van der Waals surface area (Å²) in [4.78, 5) is 13.8. The zero-order valence-corrected chi connectivity index (χ0v) is 29.4. The van der Waals surface area contributed by atoms with Crippen LogP contribution in [0.5, 0.6) is 0 Å². The molecule has 6 aromatic carbocycles. The number of allylic oxidation sites excluding steroid dienone is 1. The Bertz CT molecular complexity index is 2820. The summed E-state index contributed by atoms with van der Waals surface area (Å²) in [6, 6.07) is 52.6. The molecule has 0 N–H and O–H groups in total. The van der Waals surface area contributed by atoms with Crippen LogP contribution in [0, 0.1) is 0 Å². The summed E-state index contributed by atoms with van der Waals surface area (Å²) in [6.07, 6.45) is 3.35. The fraction of sp³-hybridized carbons (Fsp3) is 0.125. The van der Waals surface area contributed by atoms with Crippen molar-refractivity contribution in [2.45, 2.75) is 38.0 Å². The first-order valence-corrected chi connectivity index (χ1v) is 18.2. The number of hydrogen-bond acceptors (Lipinski definition) is 3. The molecule has 0 unspecified atom stereocenters. The van der Waals surface area contributed by atoms with Gasteiger partial charge in [-0.15, -0.1) is 0 Å². The average molecular weight is 669 g/mol. The van der Waals surface area contributed by atoms with E-state index in [2.05, 4.69) is 182 Å². The minimum absolute atomic E-state index is 0.207. The molecule has 0 saturated carbocycles. The van der Waals surface area contributed by atoms with Gasteiger partial charge >= 0.3 is 0 Å². The smallest absolute Gasteiger partial charge is 0.162 e. The van der Waals surface area contributed by atoms with Crippen molar-refractivity contribution in [1.29, 1.82) is 0 Å². The van der Waals surface area contributed by atoms with Crippen LogP contribution < -0.4 is 4.90 Å². The number of hydrogen-bond donors (Lipinski definition) is 0. The molecule has 1 aliphatic heterocycles. The lowest BCUT2D eigenvalue weighted by molar-refractivity contribution is 0.564. The predicted octanol–water partition coefficient (Wildman–Crippen LogP) is 11.6. The van der Waals surface area contributed by atoms with E-state index in [4.69, 9.17) is 9.97 Å². The van der Waals surface area contributed by atoms with Crippen LogP contribution in [-0.2, 0) is 17.3 Å². The third-order valence-electron chi connectivity index (χ3n) is 12.0. The first-order valence-electron chi connectivity index (χ1n) is 18.2. The molecule has 0 bridgehead atoms. The van der Waals surface area contributed by atoms with E-state index in [0.717, 1.165) is 45.9 Å². The van der Waals surface area contributed by atoms with Gasteiger partial charge in [-0.2, -0.15) is 0 Å². The first-order chi connectivity index (χ1) is 25.4. The largest absolute Gasteiger partial charge is 0.309 e. The van der Waals surface area contributed by atoms with Gasteiger partial charge in [-0.25, -0.2) is 9.97 Å². The molecule has 52 heavy (non-hydrogen) atoms. The van der Waals surface area contributed by atoms with Crippen molar-refractivity contribution < 1.29 is 0 Å². The van der Waals surface area contributed by atoms with Crippen LogP contribution in [0.2, 0.25) is 0 Å². The molecule has 3 aliphatic rings. The molecule has 0 amide bonds. The maximum Gasteiger partial charge on any atom is 0.162 e. The van der Waals surface area contributed by atoms with E-state index < -0.39 is 0 Å². The van der Waals surface area contributed by atoms with E-state index in [0.29, 0.717) is 0 Å². The monoisotopic (exact) mass is 668 g/mol. The molecule has 0 radical (unpaired) electrons. The topological polar surface area (TPSA) is 34.0 Å². The molecule has 8 aromatic rings. The predicted molar refractivity (Wildman–Crippen MR) is 213 cm³/mol. The van der Waals surface area contributed by atoms with Crippen molar-refractivity contribution in [3.63, 3.8) is 0 Å². The number of nitrogens with zero attached hydrogens (tertiary/aromatic N) is 4. The number of anilines is 2. The second-order valence-corrected chi connectivity index (χ2v) is 15.2. The zero-order chi connectivity index (χ0) is 34.8. The number of para-hydroxylation sites is 3. The Morgan fingerprint density at radius 1 is 0.596 bits per heavy atom. The van der Waals surface area contributed by atoms with Gasteiger partial charge in [0.05, 0.1) is 22.4 Å². The van der Waals surface area contributed by atoms with E-state index in [1.54, 1.807) is 0 Å². The van der Waals surface area contributed by atoms with Gasteiger partial charge in [-0.1, -0.05) is 129 Å². The Morgan fingerprint density at radius 3 is 2.17 bits per heavy atom. The number of fused-ring (bicyclic) bond motifs is 10. The van der Waals surface area contributed by atoms with E-state index in [1.807, 2.05) is 0 Å². The quantitative estimate of drug-likeness (QED) is 0.188. The van der Waals surface area contributed by atoms with Crippen LogP contribution in [0.25, 0.3) is 56.2 Å². The molecular weight excluding hydrogens is 633 g/mol. The van der Waals surface area contributed by atoms with Gasteiger partial charge in [0.2, 0.25) is 0 Å². The molecule has 3 heterocycles. The Labute approximate surface area is 303 Å². The summed E-state index contributed by atoms with van der Waals surface area (Å²) in [5, 5.41) is 2.35. The minimum Gasteiger partial charge on any atom is -0.309 e. The summed E-state index contributed by atoms with van der Waals surface area (Å²) >= 11 is 0. The number of benzene rings is 6. The molecule has 0 fully saturated rings.